The number of fused-ring (bicyclic) bond motifs is 1. The van der Waals surface area contributed by atoms with Crippen LogP contribution in [0.3, 0.4) is 0 Å². The summed E-state index contributed by atoms with van der Waals surface area (Å²) in [6.45, 7) is 2.31. The van der Waals surface area contributed by atoms with Crippen molar-refractivity contribution in [2.75, 3.05) is 7.11 Å². The number of carbonyl (C=O) groups is 1. The maximum atomic E-state index is 13.7. The molecule has 0 radical (unpaired) electrons. The van der Waals surface area contributed by atoms with Crippen LogP contribution < -0.4 is 19.6 Å². The van der Waals surface area contributed by atoms with Crippen LogP contribution in [0.2, 0.25) is 0 Å². The third-order valence-electron chi connectivity index (χ3n) is 6.43. The normalized spacial score (nSPS) is 14.8. The number of rotatable bonds is 7. The second-order valence-electron chi connectivity index (χ2n) is 8.87. The van der Waals surface area contributed by atoms with Crippen molar-refractivity contribution in [1.29, 1.82) is 5.26 Å². The lowest BCUT2D eigenvalue weighted by atomic mass is 9.95. The lowest BCUT2D eigenvalue weighted by Gasteiger charge is -2.25. The number of methoxy groups -OCH3 is 1. The lowest BCUT2D eigenvalue weighted by molar-refractivity contribution is -0.136. The van der Waals surface area contributed by atoms with E-state index in [4.69, 9.17) is 19.7 Å². The van der Waals surface area contributed by atoms with Crippen LogP contribution in [0.5, 0.6) is 5.75 Å². The van der Waals surface area contributed by atoms with Gasteiger partial charge in [0.05, 0.1) is 40.6 Å². The zero-order chi connectivity index (χ0) is 27.4. The molecule has 0 saturated carbocycles. The number of nitrogens with zero attached hydrogens (tertiary/aromatic N) is 3. The van der Waals surface area contributed by atoms with Crippen molar-refractivity contribution in [2.24, 2.45) is 4.99 Å². The Hall–Kier alpha value is -4.74. The summed E-state index contributed by atoms with van der Waals surface area (Å²) in [6, 6.07) is 25.7. The Kier molecular flexibility index (Phi) is 7.53. The van der Waals surface area contributed by atoms with Gasteiger partial charge in [-0.25, -0.2) is 9.79 Å². The van der Waals surface area contributed by atoms with Crippen LogP contribution in [-0.4, -0.2) is 17.6 Å². The molecule has 1 aliphatic heterocycles. The average Bonchev–Trinajstić information content (AvgIpc) is 3.30. The van der Waals surface area contributed by atoms with Gasteiger partial charge < -0.3 is 9.47 Å². The first-order valence-corrected chi connectivity index (χ1v) is 13.2. The third-order valence-corrected chi connectivity index (χ3v) is 7.41. The van der Waals surface area contributed by atoms with Crippen LogP contribution in [0.25, 0.3) is 6.08 Å². The average molecular weight is 536 g/mol. The largest absolute Gasteiger partial charge is 0.489 e. The van der Waals surface area contributed by atoms with Gasteiger partial charge in [-0.15, -0.1) is 0 Å². The van der Waals surface area contributed by atoms with Crippen molar-refractivity contribution in [1.82, 2.24) is 4.57 Å². The summed E-state index contributed by atoms with van der Waals surface area (Å²) in [4.78, 5) is 31.8. The van der Waals surface area contributed by atoms with Gasteiger partial charge in [0.1, 0.15) is 12.4 Å². The van der Waals surface area contributed by atoms with Gasteiger partial charge in [0.25, 0.3) is 5.56 Å². The third kappa shape index (κ3) is 5.31. The summed E-state index contributed by atoms with van der Waals surface area (Å²) in [7, 11) is 1.34. The topological polar surface area (TPSA) is 93.7 Å². The number of aromatic nitrogens is 1. The second-order valence-corrected chi connectivity index (χ2v) is 9.87. The smallest absolute Gasteiger partial charge is 0.338 e. The number of benzene rings is 3. The van der Waals surface area contributed by atoms with E-state index < -0.39 is 12.0 Å². The first-order chi connectivity index (χ1) is 19.0. The number of nitriles is 1. The zero-order valence-electron chi connectivity index (χ0n) is 21.5. The number of carbonyl (C=O) groups excluding carboxylic acids is 1. The van der Waals surface area contributed by atoms with E-state index in [1.54, 1.807) is 16.7 Å². The van der Waals surface area contributed by atoms with Crippen LogP contribution in [0, 0.1) is 11.3 Å². The van der Waals surface area contributed by atoms with Gasteiger partial charge in [0, 0.05) is 0 Å². The minimum atomic E-state index is -0.620. The van der Waals surface area contributed by atoms with Gasteiger partial charge in [-0.05, 0) is 53.5 Å². The minimum Gasteiger partial charge on any atom is -0.489 e. The fourth-order valence-electron chi connectivity index (χ4n) is 4.47. The molecule has 39 heavy (non-hydrogen) atoms. The molecule has 0 N–H and O–H groups in total. The summed E-state index contributed by atoms with van der Waals surface area (Å²) in [6.07, 6.45) is 2.35. The van der Waals surface area contributed by atoms with Gasteiger partial charge >= 0.3 is 5.97 Å². The first-order valence-electron chi connectivity index (χ1n) is 12.4. The number of ether oxygens (including phenoxy) is 2. The Morgan fingerprint density at radius 2 is 1.79 bits per heavy atom. The van der Waals surface area contributed by atoms with Crippen LogP contribution in [0.1, 0.15) is 41.6 Å². The van der Waals surface area contributed by atoms with E-state index >= 15 is 0 Å². The van der Waals surface area contributed by atoms with Crippen LogP contribution >= 0.6 is 11.3 Å². The molecule has 7 nitrogen and oxygen atoms in total. The minimum absolute atomic E-state index is 0.217. The zero-order valence-corrected chi connectivity index (χ0v) is 22.3. The molecule has 0 amide bonds. The lowest BCUT2D eigenvalue weighted by Crippen LogP contribution is -2.40. The maximum Gasteiger partial charge on any atom is 0.338 e. The standard InChI is InChI=1S/C31H25N3O4S/c1-3-25-27(30(36)37-2)28(23-7-5-4-6-8-23)34-29(35)26(39-31(34)33-25)17-20-13-15-24(16-14-20)38-19-22-11-9-21(18-32)10-12-22/h4-17,28H,3,19H2,1-2H3/b26-17+/t28-/m1/s1. The molecular formula is C31H25N3O4S. The van der Waals surface area contributed by atoms with E-state index in [-0.39, 0.29) is 5.56 Å². The van der Waals surface area contributed by atoms with Gasteiger partial charge in [-0.1, -0.05) is 72.9 Å². The molecule has 1 aliphatic rings. The molecule has 0 bridgehead atoms. The highest BCUT2D eigenvalue weighted by atomic mass is 32.1. The highest BCUT2D eigenvalue weighted by Gasteiger charge is 2.33. The van der Waals surface area contributed by atoms with Crippen LogP contribution in [0.15, 0.2) is 99.9 Å². The molecule has 0 saturated heterocycles. The van der Waals surface area contributed by atoms with E-state index in [9.17, 15) is 9.59 Å². The number of hydrogen-bond acceptors (Lipinski definition) is 7. The van der Waals surface area contributed by atoms with Crippen molar-refractivity contribution in [3.8, 4) is 11.8 Å². The molecule has 194 valence electrons. The van der Waals surface area contributed by atoms with Gasteiger partial charge in [0.2, 0.25) is 0 Å². The molecule has 0 aliphatic carbocycles. The Morgan fingerprint density at radius 1 is 1.08 bits per heavy atom. The van der Waals surface area contributed by atoms with E-state index in [1.807, 2.05) is 79.7 Å². The number of thiazole rings is 1. The highest BCUT2D eigenvalue weighted by molar-refractivity contribution is 7.07. The van der Waals surface area contributed by atoms with Crippen LogP contribution in [-0.2, 0) is 16.1 Å². The van der Waals surface area contributed by atoms with E-state index in [0.29, 0.717) is 44.9 Å². The summed E-state index contributed by atoms with van der Waals surface area (Å²) in [5, 5.41) is 8.93. The van der Waals surface area contributed by atoms with Crippen molar-refractivity contribution in [3.63, 3.8) is 0 Å². The molecule has 3 aromatic carbocycles. The summed E-state index contributed by atoms with van der Waals surface area (Å²) in [5.74, 6) is 0.202. The van der Waals surface area contributed by atoms with Crippen molar-refractivity contribution >= 4 is 23.4 Å². The number of esters is 1. The molecule has 0 spiro atoms. The maximum absolute atomic E-state index is 13.7. The molecule has 1 atom stereocenters. The summed E-state index contributed by atoms with van der Waals surface area (Å²) < 4.78 is 13.1. The summed E-state index contributed by atoms with van der Waals surface area (Å²) in [5.41, 5.74) is 4.01. The summed E-state index contributed by atoms with van der Waals surface area (Å²) >= 11 is 1.30. The van der Waals surface area contributed by atoms with E-state index in [1.165, 1.54) is 18.4 Å². The molecule has 0 fully saturated rings. The fraction of sp³-hybridized carbons (Fsp3) is 0.161. The molecule has 8 heteroatoms. The Balaban J connectivity index is 1.47. The predicted molar refractivity (Wildman–Crippen MR) is 149 cm³/mol. The molecule has 1 aromatic heterocycles. The molecular weight excluding hydrogens is 510 g/mol. The Morgan fingerprint density at radius 3 is 2.44 bits per heavy atom. The quantitative estimate of drug-likeness (QED) is 0.330. The van der Waals surface area contributed by atoms with Gasteiger partial charge in [-0.3, -0.25) is 9.36 Å². The van der Waals surface area contributed by atoms with Crippen molar-refractivity contribution in [2.45, 2.75) is 26.0 Å². The van der Waals surface area contributed by atoms with Gasteiger partial charge in [0.15, 0.2) is 4.80 Å². The molecule has 4 aromatic rings. The molecule has 0 unspecified atom stereocenters. The fourth-order valence-corrected chi connectivity index (χ4v) is 5.49. The first kappa shape index (κ1) is 25.9. The Labute approximate surface area is 229 Å². The Bertz CT molecular complexity index is 1760. The predicted octanol–water partition coefficient (Wildman–Crippen LogP) is 4.25. The SMILES string of the molecule is CCC1=C(C(=O)OC)[C@@H](c2ccccc2)n2c(s/c(=C/c3ccc(OCc4ccc(C#N)cc4)cc3)c2=O)=N1. The molecule has 2 heterocycles. The van der Waals surface area contributed by atoms with Crippen molar-refractivity contribution in [3.05, 3.63) is 132 Å². The molecule has 5 rings (SSSR count). The van der Waals surface area contributed by atoms with E-state index in [0.717, 1.165) is 16.7 Å². The van der Waals surface area contributed by atoms with Crippen molar-refractivity contribution < 1.29 is 14.3 Å². The monoisotopic (exact) mass is 535 g/mol. The highest BCUT2D eigenvalue weighted by Crippen LogP contribution is 2.31. The number of allylic oxidation sites excluding steroid dienone is 1. The van der Waals surface area contributed by atoms with Gasteiger partial charge in [-0.2, -0.15) is 5.26 Å². The van der Waals surface area contributed by atoms with E-state index in [2.05, 4.69) is 6.07 Å². The van der Waals surface area contributed by atoms with Crippen LogP contribution in [0.4, 0.5) is 0 Å². The number of hydrogen-bond donors (Lipinski definition) is 0. The second kappa shape index (κ2) is 11.3.